The Balaban J connectivity index is 2.81. The van der Waals surface area contributed by atoms with E-state index in [1.165, 1.54) is 12.1 Å². The minimum Gasteiger partial charge on any atom is -0.394 e. The van der Waals surface area contributed by atoms with E-state index in [9.17, 15) is 14.6 Å². The van der Waals surface area contributed by atoms with Crippen LogP contribution in [0.25, 0.3) is 0 Å². The first-order chi connectivity index (χ1) is 8.04. The second kappa shape index (κ2) is 6.10. The fraction of sp³-hybridized carbons (Fsp3) is 0.538. The molecule has 1 rings (SSSR count). The molecule has 1 unspecified atom stereocenters. The van der Waals surface area contributed by atoms with E-state index < -0.39 is 5.54 Å². The molecule has 0 spiro atoms. The van der Waals surface area contributed by atoms with Crippen LogP contribution in [-0.4, -0.2) is 29.0 Å². The molecule has 1 aromatic rings. The van der Waals surface area contributed by atoms with Crippen LogP contribution < -0.4 is 5.32 Å². The van der Waals surface area contributed by atoms with Crippen LogP contribution in [0.1, 0.15) is 31.9 Å². The summed E-state index contributed by atoms with van der Waals surface area (Å²) in [6.45, 7) is 3.44. The van der Waals surface area contributed by atoms with Gasteiger partial charge in [0.2, 0.25) is 0 Å². The van der Waals surface area contributed by atoms with Crippen LogP contribution in [-0.2, 0) is 0 Å². The van der Waals surface area contributed by atoms with E-state index in [4.69, 9.17) is 0 Å². The molecule has 1 aromatic carbocycles. The van der Waals surface area contributed by atoms with Gasteiger partial charge in [0.25, 0.3) is 0 Å². The molecule has 0 bridgehead atoms. The van der Waals surface area contributed by atoms with Gasteiger partial charge in [-0.25, -0.2) is 4.39 Å². The SMILES string of the molecule is CCC(NC(C)(CO)CO)c1ccc(F)cc1. The third kappa shape index (κ3) is 3.77. The van der Waals surface area contributed by atoms with E-state index in [0.717, 1.165) is 12.0 Å². The molecule has 0 fully saturated rings. The topological polar surface area (TPSA) is 52.5 Å². The van der Waals surface area contributed by atoms with E-state index in [2.05, 4.69) is 5.32 Å². The van der Waals surface area contributed by atoms with Gasteiger partial charge in [0, 0.05) is 6.04 Å². The van der Waals surface area contributed by atoms with Crippen molar-refractivity contribution in [3.63, 3.8) is 0 Å². The Morgan fingerprint density at radius 3 is 2.18 bits per heavy atom. The molecule has 96 valence electrons. The van der Waals surface area contributed by atoms with Gasteiger partial charge in [-0.15, -0.1) is 0 Å². The second-order valence-electron chi connectivity index (χ2n) is 4.53. The predicted molar refractivity (Wildman–Crippen MR) is 65.1 cm³/mol. The van der Waals surface area contributed by atoms with Crippen molar-refractivity contribution < 1.29 is 14.6 Å². The number of hydrogen-bond acceptors (Lipinski definition) is 3. The Bertz CT molecular complexity index is 336. The Kier molecular flexibility index (Phi) is 5.05. The highest BCUT2D eigenvalue weighted by molar-refractivity contribution is 5.20. The molecule has 0 saturated carbocycles. The number of benzene rings is 1. The molecule has 4 heteroatoms. The molecule has 17 heavy (non-hydrogen) atoms. The van der Waals surface area contributed by atoms with Crippen molar-refractivity contribution in [2.24, 2.45) is 0 Å². The van der Waals surface area contributed by atoms with Crippen LogP contribution in [0.5, 0.6) is 0 Å². The average Bonchev–Trinajstić information content (AvgIpc) is 2.37. The lowest BCUT2D eigenvalue weighted by Crippen LogP contribution is -2.50. The molecule has 3 N–H and O–H groups in total. The summed E-state index contributed by atoms with van der Waals surface area (Å²) >= 11 is 0. The summed E-state index contributed by atoms with van der Waals surface area (Å²) in [5, 5.41) is 21.7. The van der Waals surface area contributed by atoms with Crippen LogP contribution in [0, 0.1) is 5.82 Å². The van der Waals surface area contributed by atoms with Gasteiger partial charge in [0.05, 0.1) is 18.8 Å². The fourth-order valence-corrected chi connectivity index (χ4v) is 1.68. The molecule has 0 heterocycles. The Labute approximate surface area is 101 Å². The van der Waals surface area contributed by atoms with Gasteiger partial charge in [-0.05, 0) is 31.0 Å². The largest absolute Gasteiger partial charge is 0.394 e. The lowest BCUT2D eigenvalue weighted by molar-refractivity contribution is 0.0932. The zero-order valence-corrected chi connectivity index (χ0v) is 10.3. The van der Waals surface area contributed by atoms with Crippen LogP contribution in [0.4, 0.5) is 4.39 Å². The van der Waals surface area contributed by atoms with Crippen LogP contribution in [0.3, 0.4) is 0 Å². The molecular formula is C13H20FNO2. The van der Waals surface area contributed by atoms with Crippen molar-refractivity contribution >= 4 is 0 Å². The molecule has 0 aliphatic heterocycles. The molecule has 0 saturated heterocycles. The smallest absolute Gasteiger partial charge is 0.123 e. The summed E-state index contributed by atoms with van der Waals surface area (Å²) in [7, 11) is 0. The van der Waals surface area contributed by atoms with Crippen LogP contribution in [0.2, 0.25) is 0 Å². The summed E-state index contributed by atoms with van der Waals surface area (Å²) in [4.78, 5) is 0. The Hall–Kier alpha value is -0.970. The van der Waals surface area contributed by atoms with E-state index in [-0.39, 0.29) is 25.1 Å². The number of rotatable bonds is 6. The Morgan fingerprint density at radius 2 is 1.76 bits per heavy atom. The summed E-state index contributed by atoms with van der Waals surface area (Å²) in [5.74, 6) is -0.268. The second-order valence-corrected chi connectivity index (χ2v) is 4.53. The number of hydrogen-bond donors (Lipinski definition) is 3. The Morgan fingerprint density at radius 1 is 1.24 bits per heavy atom. The van der Waals surface area contributed by atoms with Crippen molar-refractivity contribution in [1.29, 1.82) is 0 Å². The van der Waals surface area contributed by atoms with Crippen molar-refractivity contribution in [3.05, 3.63) is 35.6 Å². The molecule has 3 nitrogen and oxygen atoms in total. The number of aliphatic hydroxyl groups excluding tert-OH is 2. The quantitative estimate of drug-likeness (QED) is 0.709. The standard InChI is InChI=1S/C13H20FNO2/c1-3-12(15-13(2,8-16)9-17)10-4-6-11(14)7-5-10/h4-7,12,15-17H,3,8-9H2,1-2H3. The first kappa shape index (κ1) is 14.1. The lowest BCUT2D eigenvalue weighted by Gasteiger charge is -2.32. The normalized spacial score (nSPS) is 13.7. The van der Waals surface area contributed by atoms with Crippen molar-refractivity contribution in [2.75, 3.05) is 13.2 Å². The first-order valence-electron chi connectivity index (χ1n) is 5.79. The first-order valence-corrected chi connectivity index (χ1v) is 5.79. The lowest BCUT2D eigenvalue weighted by atomic mass is 9.98. The number of halogens is 1. The molecule has 0 aliphatic rings. The number of nitrogens with one attached hydrogen (secondary N) is 1. The third-order valence-corrected chi connectivity index (χ3v) is 2.90. The molecule has 0 aliphatic carbocycles. The number of aliphatic hydroxyl groups is 2. The van der Waals surface area contributed by atoms with Gasteiger partial charge in [0.15, 0.2) is 0 Å². The molecule has 0 radical (unpaired) electrons. The van der Waals surface area contributed by atoms with Crippen LogP contribution >= 0.6 is 0 Å². The van der Waals surface area contributed by atoms with Gasteiger partial charge >= 0.3 is 0 Å². The van der Waals surface area contributed by atoms with E-state index in [1.54, 1.807) is 19.1 Å². The van der Waals surface area contributed by atoms with Crippen molar-refractivity contribution in [3.8, 4) is 0 Å². The summed E-state index contributed by atoms with van der Waals surface area (Å²) in [6, 6.07) is 6.24. The molecule has 1 atom stereocenters. The van der Waals surface area contributed by atoms with Gasteiger partial charge in [-0.2, -0.15) is 0 Å². The maximum Gasteiger partial charge on any atom is 0.123 e. The van der Waals surface area contributed by atoms with E-state index in [0.29, 0.717) is 0 Å². The van der Waals surface area contributed by atoms with Gasteiger partial charge in [-0.3, -0.25) is 0 Å². The van der Waals surface area contributed by atoms with Gasteiger partial charge in [0.1, 0.15) is 5.82 Å². The fourth-order valence-electron chi connectivity index (χ4n) is 1.68. The molecule has 0 amide bonds. The zero-order valence-electron chi connectivity index (χ0n) is 10.3. The van der Waals surface area contributed by atoms with Gasteiger partial charge < -0.3 is 15.5 Å². The van der Waals surface area contributed by atoms with Crippen molar-refractivity contribution in [1.82, 2.24) is 5.32 Å². The highest BCUT2D eigenvalue weighted by Gasteiger charge is 2.25. The summed E-state index contributed by atoms with van der Waals surface area (Å²) in [5.41, 5.74) is 0.219. The van der Waals surface area contributed by atoms with Gasteiger partial charge in [-0.1, -0.05) is 19.1 Å². The average molecular weight is 241 g/mol. The third-order valence-electron chi connectivity index (χ3n) is 2.90. The molecular weight excluding hydrogens is 221 g/mol. The van der Waals surface area contributed by atoms with Crippen molar-refractivity contribution in [2.45, 2.75) is 31.8 Å². The maximum absolute atomic E-state index is 12.8. The zero-order chi connectivity index (χ0) is 12.9. The predicted octanol–water partition coefficient (Wildman–Crippen LogP) is 1.61. The maximum atomic E-state index is 12.8. The highest BCUT2D eigenvalue weighted by Crippen LogP contribution is 2.20. The summed E-state index contributed by atoms with van der Waals surface area (Å²) < 4.78 is 12.8. The minimum absolute atomic E-state index is 0.0140. The van der Waals surface area contributed by atoms with E-state index in [1.807, 2.05) is 6.92 Å². The highest BCUT2D eigenvalue weighted by atomic mass is 19.1. The summed E-state index contributed by atoms with van der Waals surface area (Å²) in [6.07, 6.45) is 0.793. The van der Waals surface area contributed by atoms with E-state index >= 15 is 0 Å². The van der Waals surface area contributed by atoms with Crippen LogP contribution in [0.15, 0.2) is 24.3 Å². The minimum atomic E-state index is -0.727. The monoisotopic (exact) mass is 241 g/mol. The molecule has 0 aromatic heterocycles.